The van der Waals surface area contributed by atoms with E-state index in [0.29, 0.717) is 18.7 Å². The third kappa shape index (κ3) is 5.36. The van der Waals surface area contributed by atoms with E-state index in [1.54, 1.807) is 0 Å². The van der Waals surface area contributed by atoms with Crippen molar-refractivity contribution in [3.63, 3.8) is 0 Å². The Balaban J connectivity index is 2.40. The van der Waals surface area contributed by atoms with Gasteiger partial charge >= 0.3 is 0 Å². The normalized spacial score (nSPS) is 26.6. The van der Waals surface area contributed by atoms with Gasteiger partial charge in [0.05, 0.1) is 0 Å². The molecule has 2 atom stereocenters. The van der Waals surface area contributed by atoms with Gasteiger partial charge in [-0.05, 0) is 45.6 Å². The van der Waals surface area contributed by atoms with E-state index in [0.717, 1.165) is 18.9 Å². The Kier molecular flexibility index (Phi) is 7.09. The van der Waals surface area contributed by atoms with Crippen LogP contribution in [-0.4, -0.2) is 48.3 Å². The van der Waals surface area contributed by atoms with Crippen LogP contribution in [-0.2, 0) is 0 Å². The monoisotopic (exact) mass is 242 g/mol. The summed E-state index contributed by atoms with van der Waals surface area (Å²) in [6.07, 6.45) is 4.82. The van der Waals surface area contributed by atoms with Crippen molar-refractivity contribution >= 4 is 0 Å². The van der Waals surface area contributed by atoms with Gasteiger partial charge in [-0.1, -0.05) is 13.3 Å². The number of aliphatic hydroxyl groups excluding tert-OH is 1. The first-order valence-corrected chi connectivity index (χ1v) is 7.25. The number of rotatable bonds is 7. The Labute approximate surface area is 107 Å². The predicted octanol–water partition coefficient (Wildman–Crippen LogP) is 1.86. The number of hydrogen-bond donors (Lipinski definition) is 2. The average Bonchev–Trinajstić information content (AvgIpc) is 2.29. The van der Waals surface area contributed by atoms with Crippen LogP contribution in [0.4, 0.5) is 0 Å². The van der Waals surface area contributed by atoms with Gasteiger partial charge in [0.15, 0.2) is 0 Å². The van der Waals surface area contributed by atoms with E-state index < -0.39 is 0 Å². The molecule has 0 spiro atoms. The Morgan fingerprint density at radius 1 is 1.35 bits per heavy atom. The molecule has 0 saturated carbocycles. The van der Waals surface area contributed by atoms with Gasteiger partial charge in [0.1, 0.15) is 0 Å². The smallest absolute Gasteiger partial charge is 0.0443 e. The van der Waals surface area contributed by atoms with Crippen LogP contribution in [0.15, 0.2) is 0 Å². The molecule has 17 heavy (non-hydrogen) atoms. The molecule has 0 aromatic carbocycles. The number of nitrogens with zero attached hydrogens (tertiary/aromatic N) is 1. The van der Waals surface area contributed by atoms with E-state index in [1.165, 1.54) is 32.4 Å². The lowest BCUT2D eigenvalue weighted by Crippen LogP contribution is -2.51. The number of piperidine rings is 1. The fraction of sp³-hybridized carbons (Fsp3) is 1.00. The summed E-state index contributed by atoms with van der Waals surface area (Å²) in [5, 5.41) is 12.4. The van der Waals surface area contributed by atoms with Gasteiger partial charge in [-0.3, -0.25) is 4.90 Å². The van der Waals surface area contributed by atoms with E-state index in [9.17, 15) is 0 Å². The molecule has 1 fully saturated rings. The molecule has 1 saturated heterocycles. The Bertz CT molecular complexity index is 197. The van der Waals surface area contributed by atoms with Crippen LogP contribution in [0.25, 0.3) is 0 Å². The van der Waals surface area contributed by atoms with Crippen LogP contribution in [0, 0.1) is 5.92 Å². The van der Waals surface area contributed by atoms with E-state index >= 15 is 0 Å². The highest BCUT2D eigenvalue weighted by atomic mass is 16.3. The van der Waals surface area contributed by atoms with Crippen molar-refractivity contribution in [1.29, 1.82) is 0 Å². The van der Waals surface area contributed by atoms with Crippen LogP contribution in [0.3, 0.4) is 0 Å². The highest BCUT2D eigenvalue weighted by Crippen LogP contribution is 2.22. The first-order valence-electron chi connectivity index (χ1n) is 7.25. The molecule has 2 unspecified atom stereocenters. The quantitative estimate of drug-likeness (QED) is 0.669. The van der Waals surface area contributed by atoms with Crippen LogP contribution in [0.2, 0.25) is 0 Å². The number of hydrogen-bond acceptors (Lipinski definition) is 3. The largest absolute Gasteiger partial charge is 0.396 e. The molecular weight excluding hydrogens is 212 g/mol. The van der Waals surface area contributed by atoms with Crippen molar-refractivity contribution in [2.45, 2.75) is 58.5 Å². The maximum Gasteiger partial charge on any atom is 0.0443 e. The SMILES string of the molecule is CCCC1CC(NCCCO)CN(C(C)C)C1. The molecule has 102 valence electrons. The molecule has 3 nitrogen and oxygen atoms in total. The van der Waals surface area contributed by atoms with Gasteiger partial charge in [0, 0.05) is 31.8 Å². The second-order valence-electron chi connectivity index (χ2n) is 5.67. The first kappa shape index (κ1) is 14.9. The van der Waals surface area contributed by atoms with Gasteiger partial charge in [0.2, 0.25) is 0 Å². The zero-order valence-electron chi connectivity index (χ0n) is 11.8. The predicted molar refractivity (Wildman–Crippen MR) is 73.2 cm³/mol. The molecule has 1 heterocycles. The van der Waals surface area contributed by atoms with Gasteiger partial charge < -0.3 is 10.4 Å². The molecule has 1 rings (SSSR count). The summed E-state index contributed by atoms with van der Waals surface area (Å²) in [6.45, 7) is 10.5. The molecule has 0 amide bonds. The zero-order chi connectivity index (χ0) is 12.7. The van der Waals surface area contributed by atoms with Gasteiger partial charge in [-0.25, -0.2) is 0 Å². The summed E-state index contributed by atoms with van der Waals surface area (Å²) in [5.74, 6) is 0.850. The van der Waals surface area contributed by atoms with Crippen LogP contribution < -0.4 is 5.32 Å². The lowest BCUT2D eigenvalue weighted by Gasteiger charge is -2.40. The molecular formula is C14H30N2O. The third-order valence-electron chi connectivity index (χ3n) is 3.76. The Hall–Kier alpha value is -0.120. The molecule has 3 heteroatoms. The van der Waals surface area contributed by atoms with E-state index in [4.69, 9.17) is 5.11 Å². The van der Waals surface area contributed by atoms with E-state index in [1.807, 2.05) is 0 Å². The van der Waals surface area contributed by atoms with Crippen molar-refractivity contribution in [2.24, 2.45) is 5.92 Å². The highest BCUT2D eigenvalue weighted by molar-refractivity contribution is 4.84. The summed E-state index contributed by atoms with van der Waals surface area (Å²) in [4.78, 5) is 2.60. The second-order valence-corrected chi connectivity index (χ2v) is 5.67. The zero-order valence-corrected chi connectivity index (χ0v) is 11.8. The van der Waals surface area contributed by atoms with Crippen molar-refractivity contribution in [1.82, 2.24) is 10.2 Å². The number of aliphatic hydroxyl groups is 1. The van der Waals surface area contributed by atoms with Gasteiger partial charge in [0.25, 0.3) is 0 Å². The van der Waals surface area contributed by atoms with Crippen molar-refractivity contribution in [3.05, 3.63) is 0 Å². The summed E-state index contributed by atoms with van der Waals surface area (Å²) in [6, 6.07) is 1.27. The van der Waals surface area contributed by atoms with E-state index in [2.05, 4.69) is 31.0 Å². The van der Waals surface area contributed by atoms with Crippen LogP contribution >= 0.6 is 0 Å². The molecule has 2 N–H and O–H groups in total. The first-order chi connectivity index (χ1) is 8.17. The highest BCUT2D eigenvalue weighted by Gasteiger charge is 2.27. The molecule has 1 aliphatic rings. The summed E-state index contributed by atoms with van der Waals surface area (Å²) in [7, 11) is 0. The fourth-order valence-electron chi connectivity index (χ4n) is 2.81. The molecule has 1 aliphatic heterocycles. The van der Waals surface area contributed by atoms with Gasteiger partial charge in [-0.2, -0.15) is 0 Å². The molecule has 0 radical (unpaired) electrons. The average molecular weight is 242 g/mol. The Morgan fingerprint density at radius 2 is 2.12 bits per heavy atom. The maximum absolute atomic E-state index is 8.82. The summed E-state index contributed by atoms with van der Waals surface area (Å²) in [5.41, 5.74) is 0. The van der Waals surface area contributed by atoms with Crippen molar-refractivity contribution in [3.8, 4) is 0 Å². The molecule has 0 aromatic heterocycles. The number of nitrogens with one attached hydrogen (secondary N) is 1. The lowest BCUT2D eigenvalue weighted by molar-refractivity contribution is 0.106. The third-order valence-corrected chi connectivity index (χ3v) is 3.76. The lowest BCUT2D eigenvalue weighted by atomic mass is 9.90. The van der Waals surface area contributed by atoms with Crippen LogP contribution in [0.5, 0.6) is 0 Å². The van der Waals surface area contributed by atoms with Crippen molar-refractivity contribution < 1.29 is 5.11 Å². The second kappa shape index (κ2) is 8.06. The molecule has 0 aliphatic carbocycles. The van der Waals surface area contributed by atoms with E-state index in [-0.39, 0.29) is 0 Å². The van der Waals surface area contributed by atoms with Gasteiger partial charge in [-0.15, -0.1) is 0 Å². The standard InChI is InChI=1S/C14H30N2O/c1-4-6-13-9-14(15-7-5-8-17)11-16(10-13)12(2)3/h12-15,17H,4-11H2,1-3H3. The number of likely N-dealkylation sites (tertiary alicyclic amines) is 1. The minimum atomic E-state index is 0.298. The summed E-state index contributed by atoms with van der Waals surface area (Å²) < 4.78 is 0. The molecule has 0 bridgehead atoms. The van der Waals surface area contributed by atoms with Crippen molar-refractivity contribution in [2.75, 3.05) is 26.2 Å². The Morgan fingerprint density at radius 3 is 2.71 bits per heavy atom. The van der Waals surface area contributed by atoms with Crippen LogP contribution in [0.1, 0.15) is 46.5 Å². The minimum absolute atomic E-state index is 0.298. The summed E-state index contributed by atoms with van der Waals surface area (Å²) >= 11 is 0. The molecule has 0 aromatic rings. The minimum Gasteiger partial charge on any atom is -0.396 e. The topological polar surface area (TPSA) is 35.5 Å². The maximum atomic E-state index is 8.82. The fourth-order valence-corrected chi connectivity index (χ4v) is 2.81.